The van der Waals surface area contributed by atoms with E-state index in [4.69, 9.17) is 5.73 Å². The lowest BCUT2D eigenvalue weighted by molar-refractivity contribution is 0.587. The van der Waals surface area contributed by atoms with Crippen molar-refractivity contribution in [2.24, 2.45) is 0 Å². The van der Waals surface area contributed by atoms with Crippen LogP contribution in [0.4, 0.5) is 10.1 Å². The minimum Gasteiger partial charge on any atom is -0.399 e. The second kappa shape index (κ2) is 5.98. The zero-order valence-electron chi connectivity index (χ0n) is 9.79. The number of halogens is 2. The molecule has 0 aromatic heterocycles. The smallest absolute Gasteiger partial charge is 0.127 e. The van der Waals surface area contributed by atoms with Crippen molar-refractivity contribution in [3.63, 3.8) is 0 Å². The molecule has 0 amide bonds. The second-order valence-electron chi connectivity index (χ2n) is 4.08. The van der Waals surface area contributed by atoms with E-state index in [0.29, 0.717) is 18.7 Å². The molecule has 0 radical (unpaired) electrons. The number of rotatable bonds is 4. The minimum absolute atomic E-state index is 0.192. The van der Waals surface area contributed by atoms with E-state index in [0.717, 1.165) is 15.7 Å². The van der Waals surface area contributed by atoms with Crippen LogP contribution in [0.15, 0.2) is 46.9 Å². The average Bonchev–Trinajstić information content (AvgIpc) is 2.36. The summed E-state index contributed by atoms with van der Waals surface area (Å²) in [5, 5.41) is 3.20. The van der Waals surface area contributed by atoms with Gasteiger partial charge in [0.15, 0.2) is 0 Å². The summed E-state index contributed by atoms with van der Waals surface area (Å²) in [6.45, 7) is 1.18. The average molecular weight is 309 g/mol. The third-order valence-corrected chi connectivity index (χ3v) is 3.13. The summed E-state index contributed by atoms with van der Waals surface area (Å²) in [5.41, 5.74) is 8.13. The fourth-order valence-electron chi connectivity index (χ4n) is 1.66. The van der Waals surface area contributed by atoms with Gasteiger partial charge in [-0.15, -0.1) is 0 Å². The number of benzene rings is 2. The Labute approximate surface area is 114 Å². The number of anilines is 1. The van der Waals surface area contributed by atoms with Crippen LogP contribution in [0.3, 0.4) is 0 Å². The quantitative estimate of drug-likeness (QED) is 0.849. The van der Waals surface area contributed by atoms with Gasteiger partial charge in [-0.25, -0.2) is 4.39 Å². The normalized spacial score (nSPS) is 10.6. The number of nitrogens with two attached hydrogens (primary N) is 1. The molecule has 0 aliphatic rings. The number of hydrogen-bond acceptors (Lipinski definition) is 2. The van der Waals surface area contributed by atoms with Crippen LogP contribution in [0, 0.1) is 5.82 Å². The van der Waals surface area contributed by atoms with Gasteiger partial charge in [0.1, 0.15) is 5.82 Å². The molecule has 0 aliphatic carbocycles. The summed E-state index contributed by atoms with van der Waals surface area (Å²) in [6, 6.07) is 12.6. The Morgan fingerprint density at radius 1 is 1.06 bits per heavy atom. The van der Waals surface area contributed by atoms with E-state index >= 15 is 0 Å². The molecular weight excluding hydrogens is 295 g/mol. The van der Waals surface area contributed by atoms with E-state index in [1.54, 1.807) is 12.1 Å². The van der Waals surface area contributed by atoms with E-state index in [1.807, 2.05) is 24.3 Å². The van der Waals surface area contributed by atoms with Gasteiger partial charge in [-0.1, -0.05) is 28.1 Å². The molecular formula is C14H14BrFN2. The number of hydrogen-bond donors (Lipinski definition) is 2. The van der Waals surface area contributed by atoms with Gasteiger partial charge in [0.25, 0.3) is 0 Å². The molecule has 0 unspecified atom stereocenters. The molecule has 2 nitrogen and oxygen atoms in total. The van der Waals surface area contributed by atoms with E-state index in [9.17, 15) is 4.39 Å². The van der Waals surface area contributed by atoms with E-state index < -0.39 is 0 Å². The van der Waals surface area contributed by atoms with Gasteiger partial charge in [-0.3, -0.25) is 0 Å². The van der Waals surface area contributed by atoms with Gasteiger partial charge in [-0.05, 0) is 35.9 Å². The van der Waals surface area contributed by atoms with Crippen LogP contribution in [-0.2, 0) is 13.1 Å². The monoisotopic (exact) mass is 308 g/mol. The Kier molecular flexibility index (Phi) is 4.33. The molecule has 0 bridgehead atoms. The van der Waals surface area contributed by atoms with Crippen molar-refractivity contribution in [1.82, 2.24) is 5.32 Å². The van der Waals surface area contributed by atoms with E-state index in [2.05, 4.69) is 21.2 Å². The van der Waals surface area contributed by atoms with Crippen LogP contribution < -0.4 is 11.1 Å². The third-order valence-electron chi connectivity index (χ3n) is 2.63. The Morgan fingerprint density at radius 3 is 2.50 bits per heavy atom. The molecule has 0 heterocycles. The molecule has 4 heteroatoms. The molecule has 94 valence electrons. The lowest BCUT2D eigenvalue weighted by Gasteiger charge is -2.07. The van der Waals surface area contributed by atoms with Crippen molar-refractivity contribution in [1.29, 1.82) is 0 Å². The van der Waals surface area contributed by atoms with E-state index in [-0.39, 0.29) is 5.82 Å². The first-order chi connectivity index (χ1) is 8.65. The maximum atomic E-state index is 13.5. The summed E-state index contributed by atoms with van der Waals surface area (Å²) in [7, 11) is 0. The lowest BCUT2D eigenvalue weighted by atomic mass is 10.2. The Hall–Kier alpha value is -1.39. The van der Waals surface area contributed by atoms with Crippen LogP contribution in [0.1, 0.15) is 11.1 Å². The Morgan fingerprint density at radius 2 is 1.78 bits per heavy atom. The summed E-state index contributed by atoms with van der Waals surface area (Å²) < 4.78 is 14.4. The van der Waals surface area contributed by atoms with Gasteiger partial charge in [0.2, 0.25) is 0 Å². The van der Waals surface area contributed by atoms with Crippen molar-refractivity contribution in [2.45, 2.75) is 13.1 Å². The maximum absolute atomic E-state index is 13.5. The minimum atomic E-state index is -0.192. The fraction of sp³-hybridized carbons (Fsp3) is 0.143. The fourth-order valence-corrected chi connectivity index (χ4v) is 2.06. The Balaban J connectivity index is 1.92. The molecule has 0 fully saturated rings. The highest BCUT2D eigenvalue weighted by Gasteiger charge is 2.02. The molecule has 2 aromatic carbocycles. The molecule has 0 atom stereocenters. The molecule has 0 spiro atoms. The summed E-state index contributed by atoms with van der Waals surface area (Å²) in [4.78, 5) is 0. The summed E-state index contributed by atoms with van der Waals surface area (Å²) in [5.74, 6) is -0.192. The number of nitrogens with one attached hydrogen (secondary N) is 1. The molecule has 2 rings (SSSR count). The highest BCUT2D eigenvalue weighted by atomic mass is 79.9. The Bertz CT molecular complexity index is 526. The summed E-state index contributed by atoms with van der Waals surface area (Å²) >= 11 is 3.33. The maximum Gasteiger partial charge on any atom is 0.127 e. The first-order valence-corrected chi connectivity index (χ1v) is 6.43. The lowest BCUT2D eigenvalue weighted by Crippen LogP contribution is -2.13. The molecule has 3 N–H and O–H groups in total. The topological polar surface area (TPSA) is 38.0 Å². The predicted molar refractivity (Wildman–Crippen MR) is 75.5 cm³/mol. The SMILES string of the molecule is Nc1ccc(CNCc2cc(Br)ccc2F)cc1. The van der Waals surface area contributed by atoms with Crippen LogP contribution in [-0.4, -0.2) is 0 Å². The zero-order valence-corrected chi connectivity index (χ0v) is 11.4. The first-order valence-electron chi connectivity index (χ1n) is 5.64. The van der Waals surface area contributed by atoms with Gasteiger partial charge < -0.3 is 11.1 Å². The van der Waals surface area contributed by atoms with Crippen LogP contribution in [0.25, 0.3) is 0 Å². The highest BCUT2D eigenvalue weighted by molar-refractivity contribution is 9.10. The van der Waals surface area contributed by atoms with Crippen molar-refractivity contribution in [3.05, 3.63) is 63.9 Å². The molecule has 0 aliphatic heterocycles. The van der Waals surface area contributed by atoms with E-state index in [1.165, 1.54) is 6.07 Å². The van der Waals surface area contributed by atoms with Crippen molar-refractivity contribution < 1.29 is 4.39 Å². The van der Waals surface area contributed by atoms with Crippen molar-refractivity contribution >= 4 is 21.6 Å². The molecule has 0 saturated heterocycles. The summed E-state index contributed by atoms with van der Waals surface area (Å²) in [6.07, 6.45) is 0. The van der Waals surface area contributed by atoms with Gasteiger partial charge >= 0.3 is 0 Å². The van der Waals surface area contributed by atoms with Crippen molar-refractivity contribution in [3.8, 4) is 0 Å². The first kappa shape index (κ1) is 13.1. The highest BCUT2D eigenvalue weighted by Crippen LogP contribution is 2.15. The number of nitrogen functional groups attached to an aromatic ring is 1. The largest absolute Gasteiger partial charge is 0.399 e. The molecule has 2 aromatic rings. The molecule has 0 saturated carbocycles. The third kappa shape index (κ3) is 3.55. The van der Waals surface area contributed by atoms with Gasteiger partial charge in [-0.2, -0.15) is 0 Å². The predicted octanol–water partition coefficient (Wildman–Crippen LogP) is 3.46. The van der Waals surface area contributed by atoms with Crippen molar-refractivity contribution in [2.75, 3.05) is 5.73 Å². The van der Waals surface area contributed by atoms with Crippen LogP contribution >= 0.6 is 15.9 Å². The molecule has 18 heavy (non-hydrogen) atoms. The second-order valence-corrected chi connectivity index (χ2v) is 5.00. The zero-order chi connectivity index (χ0) is 13.0. The van der Waals surface area contributed by atoms with Crippen LogP contribution in [0.5, 0.6) is 0 Å². The standard InChI is InChI=1S/C14H14BrFN2/c15-12-3-6-14(16)11(7-12)9-18-8-10-1-4-13(17)5-2-10/h1-7,18H,8-9,17H2. The van der Waals surface area contributed by atoms with Gasteiger partial charge in [0, 0.05) is 28.8 Å². The van der Waals surface area contributed by atoms with Gasteiger partial charge in [0.05, 0.1) is 0 Å². The van der Waals surface area contributed by atoms with Crippen LogP contribution in [0.2, 0.25) is 0 Å².